The number of aromatic nitrogens is 2. The van der Waals surface area contributed by atoms with E-state index in [1.807, 2.05) is 6.07 Å². The summed E-state index contributed by atoms with van der Waals surface area (Å²) < 4.78 is 5.68. The molecule has 18 heavy (non-hydrogen) atoms. The van der Waals surface area contributed by atoms with Gasteiger partial charge in [-0.1, -0.05) is 37.3 Å². The van der Waals surface area contributed by atoms with E-state index in [1.165, 1.54) is 5.56 Å². The third-order valence-electron chi connectivity index (χ3n) is 3.34. The molecule has 1 N–H and O–H groups in total. The summed E-state index contributed by atoms with van der Waals surface area (Å²) >= 11 is 0. The minimum atomic E-state index is 0.412. The van der Waals surface area contributed by atoms with E-state index in [0.29, 0.717) is 24.3 Å². The first kappa shape index (κ1) is 11.4. The number of hydrogen-bond donors (Lipinski definition) is 1. The van der Waals surface area contributed by atoms with E-state index >= 15 is 0 Å². The molecular weight excluding hydrogens is 226 g/mol. The molecule has 0 saturated heterocycles. The Kier molecular flexibility index (Phi) is 3.11. The van der Waals surface area contributed by atoms with Crippen molar-refractivity contribution >= 4 is 0 Å². The summed E-state index contributed by atoms with van der Waals surface area (Å²) in [4.78, 5) is 0. The Hall–Kier alpha value is -1.68. The normalized spacial score (nSPS) is 22.1. The van der Waals surface area contributed by atoms with Crippen molar-refractivity contribution in [1.29, 1.82) is 0 Å². The van der Waals surface area contributed by atoms with Gasteiger partial charge in [-0.05, 0) is 24.4 Å². The lowest BCUT2D eigenvalue weighted by molar-refractivity contribution is 0.434. The SMILES string of the molecule is CCNCc1nnc(C2CC2c2ccccc2)o1. The Balaban J connectivity index is 1.65. The summed E-state index contributed by atoms with van der Waals surface area (Å²) in [6.07, 6.45) is 1.12. The summed E-state index contributed by atoms with van der Waals surface area (Å²) in [7, 11) is 0. The number of benzene rings is 1. The number of rotatable bonds is 5. The highest BCUT2D eigenvalue weighted by Gasteiger charge is 2.43. The van der Waals surface area contributed by atoms with Crippen molar-refractivity contribution in [1.82, 2.24) is 15.5 Å². The third-order valence-corrected chi connectivity index (χ3v) is 3.34. The fourth-order valence-corrected chi connectivity index (χ4v) is 2.26. The van der Waals surface area contributed by atoms with E-state index in [-0.39, 0.29) is 0 Å². The lowest BCUT2D eigenvalue weighted by atomic mass is 10.1. The number of hydrogen-bond acceptors (Lipinski definition) is 4. The van der Waals surface area contributed by atoms with Gasteiger partial charge in [0.25, 0.3) is 0 Å². The van der Waals surface area contributed by atoms with E-state index in [4.69, 9.17) is 4.42 Å². The molecule has 1 fully saturated rings. The van der Waals surface area contributed by atoms with Crippen LogP contribution in [0.2, 0.25) is 0 Å². The molecule has 1 aromatic heterocycles. The van der Waals surface area contributed by atoms with Gasteiger partial charge in [-0.15, -0.1) is 10.2 Å². The van der Waals surface area contributed by atoms with Gasteiger partial charge < -0.3 is 9.73 Å². The van der Waals surface area contributed by atoms with Crippen LogP contribution in [0.15, 0.2) is 34.7 Å². The third kappa shape index (κ3) is 2.29. The smallest absolute Gasteiger partial charge is 0.230 e. The molecule has 2 aromatic rings. The highest BCUT2D eigenvalue weighted by atomic mass is 16.4. The molecule has 1 saturated carbocycles. The second-order valence-corrected chi connectivity index (χ2v) is 4.67. The first-order valence-electron chi connectivity index (χ1n) is 6.46. The molecular formula is C14H17N3O. The van der Waals surface area contributed by atoms with Crippen LogP contribution in [0.1, 0.15) is 42.5 Å². The van der Waals surface area contributed by atoms with E-state index in [1.54, 1.807) is 0 Å². The maximum Gasteiger partial charge on any atom is 0.230 e. The van der Waals surface area contributed by atoms with Gasteiger partial charge in [0.2, 0.25) is 11.8 Å². The fourth-order valence-electron chi connectivity index (χ4n) is 2.26. The Morgan fingerprint density at radius 2 is 2.06 bits per heavy atom. The molecule has 1 heterocycles. The van der Waals surface area contributed by atoms with Gasteiger partial charge in [-0.25, -0.2) is 0 Å². The highest BCUT2D eigenvalue weighted by molar-refractivity contribution is 5.30. The van der Waals surface area contributed by atoms with Crippen LogP contribution in [-0.4, -0.2) is 16.7 Å². The Morgan fingerprint density at radius 1 is 1.22 bits per heavy atom. The molecule has 94 valence electrons. The molecule has 2 unspecified atom stereocenters. The summed E-state index contributed by atoms with van der Waals surface area (Å²) in [6.45, 7) is 3.63. The van der Waals surface area contributed by atoms with Crippen molar-refractivity contribution in [3.05, 3.63) is 47.7 Å². The molecule has 3 rings (SSSR count). The van der Waals surface area contributed by atoms with Crippen LogP contribution in [0.25, 0.3) is 0 Å². The Morgan fingerprint density at radius 3 is 2.83 bits per heavy atom. The van der Waals surface area contributed by atoms with Gasteiger partial charge >= 0.3 is 0 Å². The molecule has 4 nitrogen and oxygen atoms in total. The Bertz CT molecular complexity index is 509. The predicted molar refractivity (Wildman–Crippen MR) is 68.2 cm³/mol. The van der Waals surface area contributed by atoms with Crippen LogP contribution in [-0.2, 0) is 6.54 Å². The molecule has 0 spiro atoms. The van der Waals surface area contributed by atoms with Crippen LogP contribution in [0.3, 0.4) is 0 Å². The molecule has 0 bridgehead atoms. The summed E-state index contributed by atoms with van der Waals surface area (Å²) in [5.74, 6) is 2.44. The monoisotopic (exact) mass is 243 g/mol. The minimum absolute atomic E-state index is 0.412. The van der Waals surface area contributed by atoms with Gasteiger partial charge in [0.05, 0.1) is 6.54 Å². The van der Waals surface area contributed by atoms with Crippen LogP contribution in [0.5, 0.6) is 0 Å². The average molecular weight is 243 g/mol. The zero-order valence-corrected chi connectivity index (χ0v) is 10.5. The first-order chi connectivity index (χ1) is 8.88. The molecule has 2 atom stereocenters. The van der Waals surface area contributed by atoms with Gasteiger partial charge in [0, 0.05) is 5.92 Å². The lowest BCUT2D eigenvalue weighted by Crippen LogP contribution is -2.11. The molecule has 1 aromatic carbocycles. The van der Waals surface area contributed by atoms with Crippen molar-refractivity contribution in [3.63, 3.8) is 0 Å². The van der Waals surface area contributed by atoms with Gasteiger partial charge in [0.15, 0.2) is 0 Å². The van der Waals surface area contributed by atoms with Crippen LogP contribution in [0, 0.1) is 0 Å². The quantitative estimate of drug-likeness (QED) is 0.876. The lowest BCUT2D eigenvalue weighted by Gasteiger charge is -1.97. The Labute approximate surface area is 106 Å². The van der Waals surface area contributed by atoms with Crippen molar-refractivity contribution in [2.75, 3.05) is 6.54 Å². The summed E-state index contributed by atoms with van der Waals surface area (Å²) in [5, 5.41) is 11.4. The van der Waals surface area contributed by atoms with Crippen molar-refractivity contribution in [2.45, 2.75) is 31.7 Å². The van der Waals surface area contributed by atoms with Crippen molar-refractivity contribution in [3.8, 4) is 0 Å². The molecule has 1 aliphatic carbocycles. The zero-order chi connectivity index (χ0) is 12.4. The standard InChI is InChI=1S/C14H17N3O/c1-2-15-9-13-16-17-14(18-13)12-8-11(12)10-6-4-3-5-7-10/h3-7,11-12,15H,2,8-9H2,1H3. The largest absolute Gasteiger partial charge is 0.424 e. The molecule has 0 radical (unpaired) electrons. The van der Waals surface area contributed by atoms with Crippen molar-refractivity contribution < 1.29 is 4.42 Å². The second kappa shape index (κ2) is 4.90. The maximum absolute atomic E-state index is 5.68. The fraction of sp³-hybridized carbons (Fsp3) is 0.429. The highest BCUT2D eigenvalue weighted by Crippen LogP contribution is 2.53. The van der Waals surface area contributed by atoms with E-state index in [9.17, 15) is 0 Å². The van der Waals surface area contributed by atoms with E-state index in [2.05, 4.69) is 46.7 Å². The van der Waals surface area contributed by atoms with Crippen LogP contribution >= 0.6 is 0 Å². The number of nitrogens with zero attached hydrogens (tertiary/aromatic N) is 2. The maximum atomic E-state index is 5.68. The van der Waals surface area contributed by atoms with E-state index in [0.717, 1.165) is 18.9 Å². The van der Waals surface area contributed by atoms with Gasteiger partial charge in [0.1, 0.15) is 0 Å². The van der Waals surface area contributed by atoms with Crippen molar-refractivity contribution in [2.24, 2.45) is 0 Å². The molecule has 0 aliphatic heterocycles. The zero-order valence-electron chi connectivity index (χ0n) is 10.5. The summed E-state index contributed by atoms with van der Waals surface area (Å²) in [6, 6.07) is 10.5. The van der Waals surface area contributed by atoms with Crippen LogP contribution in [0.4, 0.5) is 0 Å². The van der Waals surface area contributed by atoms with E-state index < -0.39 is 0 Å². The minimum Gasteiger partial charge on any atom is -0.424 e. The topological polar surface area (TPSA) is 51.0 Å². The van der Waals surface area contributed by atoms with Crippen LogP contribution < -0.4 is 5.32 Å². The van der Waals surface area contributed by atoms with Gasteiger partial charge in [-0.2, -0.15) is 0 Å². The average Bonchev–Trinajstić information content (AvgIpc) is 3.09. The molecule has 1 aliphatic rings. The van der Waals surface area contributed by atoms with Gasteiger partial charge in [-0.3, -0.25) is 0 Å². The second-order valence-electron chi connectivity index (χ2n) is 4.67. The molecule has 4 heteroatoms. The molecule has 0 amide bonds. The number of nitrogens with one attached hydrogen (secondary N) is 1. The predicted octanol–water partition coefficient (Wildman–Crippen LogP) is 2.45. The summed E-state index contributed by atoms with van der Waals surface area (Å²) in [5.41, 5.74) is 1.37. The first-order valence-corrected chi connectivity index (χ1v) is 6.46.